The molecule has 2 rings (SSSR count). The molecule has 1 atom stereocenters. The number of aromatic nitrogens is 2. The van der Waals surface area contributed by atoms with E-state index in [2.05, 4.69) is 5.10 Å². The maximum atomic E-state index is 12.0. The zero-order valence-corrected chi connectivity index (χ0v) is 8.73. The van der Waals surface area contributed by atoms with Crippen molar-refractivity contribution < 1.29 is 4.79 Å². The van der Waals surface area contributed by atoms with E-state index in [9.17, 15) is 4.79 Å². The number of aryl methyl sites for hydroxylation is 1. The van der Waals surface area contributed by atoms with E-state index in [1.807, 2.05) is 19.9 Å². The molecule has 14 heavy (non-hydrogen) atoms. The molecule has 0 aliphatic heterocycles. The van der Waals surface area contributed by atoms with E-state index in [1.165, 1.54) is 12.8 Å². The summed E-state index contributed by atoms with van der Waals surface area (Å²) in [5.41, 5.74) is 0.770. The summed E-state index contributed by atoms with van der Waals surface area (Å²) in [5, 5.41) is 4.11. The van der Waals surface area contributed by atoms with Crippen LogP contribution in [0.15, 0.2) is 12.3 Å². The van der Waals surface area contributed by atoms with Crippen LogP contribution in [0.2, 0.25) is 0 Å². The van der Waals surface area contributed by atoms with Crippen LogP contribution in [0.5, 0.6) is 0 Å². The maximum absolute atomic E-state index is 12.0. The number of carbonyl (C=O) groups excluding carboxylic acids is 1. The van der Waals surface area contributed by atoms with E-state index in [0.717, 1.165) is 12.2 Å². The number of Topliss-reactive ketones (excluding diaryl/α,β-unsaturated/α-hetero) is 1. The molecule has 1 aromatic heterocycles. The molecular formula is C11H16N2O. The fourth-order valence-corrected chi connectivity index (χ4v) is 1.84. The minimum Gasteiger partial charge on any atom is -0.292 e. The van der Waals surface area contributed by atoms with Gasteiger partial charge < -0.3 is 0 Å². The molecule has 1 saturated carbocycles. The quantitative estimate of drug-likeness (QED) is 0.685. The largest absolute Gasteiger partial charge is 0.292 e. The van der Waals surface area contributed by atoms with Crippen molar-refractivity contribution in [1.29, 1.82) is 0 Å². The highest BCUT2D eigenvalue weighted by Gasteiger charge is 2.33. The summed E-state index contributed by atoms with van der Waals surface area (Å²) < 4.78 is 1.78. The van der Waals surface area contributed by atoms with Crippen LogP contribution < -0.4 is 0 Å². The Labute approximate surface area is 84.1 Å². The zero-order valence-electron chi connectivity index (χ0n) is 8.73. The third-order valence-corrected chi connectivity index (χ3v) is 3.01. The van der Waals surface area contributed by atoms with E-state index in [-0.39, 0.29) is 11.7 Å². The average molecular weight is 192 g/mol. The molecule has 0 bridgehead atoms. The minimum absolute atomic E-state index is 0.178. The number of rotatable bonds is 4. The van der Waals surface area contributed by atoms with Crippen molar-refractivity contribution in [2.75, 3.05) is 0 Å². The van der Waals surface area contributed by atoms with Gasteiger partial charge in [0.15, 0.2) is 5.78 Å². The van der Waals surface area contributed by atoms with Crippen LogP contribution >= 0.6 is 0 Å². The smallest absolute Gasteiger partial charge is 0.183 e. The van der Waals surface area contributed by atoms with Crippen molar-refractivity contribution in [2.45, 2.75) is 33.2 Å². The first kappa shape index (κ1) is 9.44. The van der Waals surface area contributed by atoms with Crippen LogP contribution in [0, 0.1) is 11.8 Å². The van der Waals surface area contributed by atoms with E-state index in [1.54, 1.807) is 10.9 Å². The molecule has 0 saturated heterocycles. The van der Waals surface area contributed by atoms with Crippen LogP contribution in [0.25, 0.3) is 0 Å². The van der Waals surface area contributed by atoms with E-state index >= 15 is 0 Å². The van der Waals surface area contributed by atoms with E-state index in [4.69, 9.17) is 0 Å². The molecule has 0 aromatic carbocycles. The Hall–Kier alpha value is -1.12. The van der Waals surface area contributed by atoms with Crippen molar-refractivity contribution in [3.63, 3.8) is 0 Å². The highest BCUT2D eigenvalue weighted by molar-refractivity contribution is 5.96. The lowest BCUT2D eigenvalue weighted by atomic mass is 9.99. The minimum atomic E-state index is 0.178. The third-order valence-electron chi connectivity index (χ3n) is 3.01. The molecule has 1 fully saturated rings. The summed E-state index contributed by atoms with van der Waals surface area (Å²) in [6, 6.07) is 1.82. The molecule has 0 radical (unpaired) electrons. The Balaban J connectivity index is 2.17. The van der Waals surface area contributed by atoms with Gasteiger partial charge in [0.2, 0.25) is 0 Å². The lowest BCUT2D eigenvalue weighted by Gasteiger charge is -2.09. The van der Waals surface area contributed by atoms with Crippen LogP contribution in [-0.2, 0) is 6.54 Å². The van der Waals surface area contributed by atoms with Gasteiger partial charge in [0.05, 0.1) is 0 Å². The fraction of sp³-hybridized carbons (Fsp3) is 0.636. The first-order chi connectivity index (χ1) is 6.74. The van der Waals surface area contributed by atoms with Gasteiger partial charge >= 0.3 is 0 Å². The van der Waals surface area contributed by atoms with Crippen LogP contribution in [0.1, 0.15) is 37.2 Å². The van der Waals surface area contributed by atoms with Gasteiger partial charge in [-0.1, -0.05) is 6.92 Å². The highest BCUT2D eigenvalue weighted by atomic mass is 16.1. The molecule has 1 heterocycles. The van der Waals surface area contributed by atoms with E-state index < -0.39 is 0 Å². The molecular weight excluding hydrogens is 176 g/mol. The fourth-order valence-electron chi connectivity index (χ4n) is 1.84. The van der Waals surface area contributed by atoms with Crippen molar-refractivity contribution in [1.82, 2.24) is 9.78 Å². The van der Waals surface area contributed by atoms with Gasteiger partial charge in [-0.25, -0.2) is 0 Å². The molecule has 0 N–H and O–H groups in total. The van der Waals surface area contributed by atoms with Gasteiger partial charge in [0, 0.05) is 18.7 Å². The normalized spacial score (nSPS) is 18.1. The van der Waals surface area contributed by atoms with Crippen molar-refractivity contribution >= 4 is 5.78 Å². The second kappa shape index (κ2) is 3.56. The average Bonchev–Trinajstić information content (AvgIpc) is 2.94. The molecule has 3 heteroatoms. The molecule has 1 aromatic rings. The number of hydrogen-bond donors (Lipinski definition) is 0. The Morgan fingerprint density at radius 1 is 1.71 bits per heavy atom. The molecule has 1 aliphatic carbocycles. The van der Waals surface area contributed by atoms with E-state index in [0.29, 0.717) is 5.92 Å². The van der Waals surface area contributed by atoms with Crippen molar-refractivity contribution in [3.8, 4) is 0 Å². The molecule has 1 unspecified atom stereocenters. The van der Waals surface area contributed by atoms with Crippen LogP contribution in [0.4, 0.5) is 0 Å². The summed E-state index contributed by atoms with van der Waals surface area (Å²) >= 11 is 0. The van der Waals surface area contributed by atoms with Crippen LogP contribution in [0.3, 0.4) is 0 Å². The molecule has 1 aliphatic rings. The molecule has 3 nitrogen and oxygen atoms in total. The topological polar surface area (TPSA) is 34.9 Å². The van der Waals surface area contributed by atoms with Gasteiger partial charge in [-0.15, -0.1) is 0 Å². The first-order valence-electron chi connectivity index (χ1n) is 5.30. The molecule has 0 amide bonds. The van der Waals surface area contributed by atoms with Gasteiger partial charge in [-0.05, 0) is 31.7 Å². The van der Waals surface area contributed by atoms with Crippen molar-refractivity contribution in [3.05, 3.63) is 18.0 Å². The second-order valence-corrected chi connectivity index (χ2v) is 4.02. The summed E-state index contributed by atoms with van der Waals surface area (Å²) in [6.07, 6.45) is 4.14. The summed E-state index contributed by atoms with van der Waals surface area (Å²) in [6.45, 7) is 4.81. The van der Waals surface area contributed by atoms with Crippen molar-refractivity contribution in [2.24, 2.45) is 11.8 Å². The summed E-state index contributed by atoms with van der Waals surface area (Å²) in [4.78, 5) is 12.0. The second-order valence-electron chi connectivity index (χ2n) is 4.02. The van der Waals surface area contributed by atoms with Gasteiger partial charge in [-0.3, -0.25) is 9.48 Å². The van der Waals surface area contributed by atoms with Gasteiger partial charge in [0.1, 0.15) is 5.69 Å². The Kier molecular flexibility index (Phi) is 2.40. The number of hydrogen-bond acceptors (Lipinski definition) is 2. The lowest BCUT2D eigenvalue weighted by Crippen LogP contribution is -2.17. The highest BCUT2D eigenvalue weighted by Crippen LogP contribution is 2.37. The molecule has 0 spiro atoms. The predicted octanol–water partition coefficient (Wildman–Crippen LogP) is 2.13. The van der Waals surface area contributed by atoms with Gasteiger partial charge in [0.25, 0.3) is 0 Å². The zero-order chi connectivity index (χ0) is 10.1. The third kappa shape index (κ3) is 1.59. The monoisotopic (exact) mass is 192 g/mol. The standard InChI is InChI=1S/C11H16N2O/c1-3-13-10(6-7-12-13)11(14)8(2)9-4-5-9/h6-9H,3-5H2,1-2H3. The predicted molar refractivity (Wildman–Crippen MR) is 54.1 cm³/mol. The Morgan fingerprint density at radius 3 is 3.00 bits per heavy atom. The summed E-state index contributed by atoms with van der Waals surface area (Å²) in [5.74, 6) is 1.06. The Bertz CT molecular complexity index is 339. The SMILES string of the molecule is CCn1nccc1C(=O)C(C)C1CC1. The Morgan fingerprint density at radius 2 is 2.43 bits per heavy atom. The lowest BCUT2D eigenvalue weighted by molar-refractivity contribution is 0.0905. The first-order valence-corrected chi connectivity index (χ1v) is 5.30. The number of nitrogens with zero attached hydrogens (tertiary/aromatic N) is 2. The van der Waals surface area contributed by atoms with Gasteiger partial charge in [-0.2, -0.15) is 5.10 Å². The number of ketones is 1. The summed E-state index contributed by atoms with van der Waals surface area (Å²) in [7, 11) is 0. The maximum Gasteiger partial charge on any atom is 0.183 e. The molecule has 76 valence electrons. The van der Waals surface area contributed by atoms with Crippen LogP contribution in [-0.4, -0.2) is 15.6 Å². The number of carbonyl (C=O) groups is 1.